The van der Waals surface area contributed by atoms with E-state index in [-0.39, 0.29) is 24.1 Å². The summed E-state index contributed by atoms with van der Waals surface area (Å²) in [5.74, 6) is 0.0340. The highest BCUT2D eigenvalue weighted by Crippen LogP contribution is 2.17. The van der Waals surface area contributed by atoms with Crippen molar-refractivity contribution in [2.24, 2.45) is 0 Å². The lowest BCUT2D eigenvalue weighted by Gasteiger charge is -2.07. The van der Waals surface area contributed by atoms with Gasteiger partial charge in [0.25, 0.3) is 11.8 Å². The van der Waals surface area contributed by atoms with Gasteiger partial charge in [0, 0.05) is 35.4 Å². The van der Waals surface area contributed by atoms with Crippen molar-refractivity contribution in [2.75, 3.05) is 6.54 Å². The van der Waals surface area contributed by atoms with Crippen LogP contribution in [0.25, 0.3) is 10.9 Å². The summed E-state index contributed by atoms with van der Waals surface area (Å²) in [6, 6.07) is 14.6. The van der Waals surface area contributed by atoms with Gasteiger partial charge >= 0.3 is 0 Å². The fourth-order valence-corrected chi connectivity index (χ4v) is 3.12. The van der Waals surface area contributed by atoms with E-state index in [4.69, 9.17) is 4.42 Å². The zero-order valence-corrected chi connectivity index (χ0v) is 15.6. The number of aromatic nitrogens is 2. The van der Waals surface area contributed by atoms with Crippen LogP contribution in [0.1, 0.15) is 32.2 Å². The number of carbonyl (C=O) groups is 2. The number of benzene rings is 1. The Bertz CT molecular complexity index is 1130. The Kier molecular flexibility index (Phi) is 5.38. The Labute approximate surface area is 167 Å². The molecule has 1 aromatic carbocycles. The molecule has 29 heavy (non-hydrogen) atoms. The van der Waals surface area contributed by atoms with Crippen LogP contribution in [-0.2, 0) is 13.0 Å². The highest BCUT2D eigenvalue weighted by molar-refractivity contribution is 5.98. The maximum absolute atomic E-state index is 12.5. The molecule has 3 N–H and O–H groups in total. The average Bonchev–Trinajstić information content (AvgIpc) is 3.42. The number of fused-ring (bicyclic) bond motifs is 1. The predicted molar refractivity (Wildman–Crippen MR) is 108 cm³/mol. The fourth-order valence-electron chi connectivity index (χ4n) is 3.12. The lowest BCUT2D eigenvalue weighted by atomic mass is 10.1. The number of amides is 2. The van der Waals surface area contributed by atoms with Gasteiger partial charge < -0.3 is 20.0 Å². The van der Waals surface area contributed by atoms with Crippen molar-refractivity contribution in [1.29, 1.82) is 0 Å². The largest absolute Gasteiger partial charge is 0.467 e. The first-order valence-electron chi connectivity index (χ1n) is 9.30. The van der Waals surface area contributed by atoms with Gasteiger partial charge in [-0.15, -0.1) is 0 Å². The van der Waals surface area contributed by atoms with Crippen LogP contribution in [0.2, 0.25) is 0 Å². The number of furan rings is 1. The molecule has 4 aromatic rings. The summed E-state index contributed by atoms with van der Waals surface area (Å²) in [6.07, 6.45) is 5.67. The third-order valence-electron chi connectivity index (χ3n) is 4.61. The fraction of sp³-hybridized carbons (Fsp3) is 0.136. The van der Waals surface area contributed by atoms with Gasteiger partial charge in [-0.25, -0.2) is 0 Å². The highest BCUT2D eigenvalue weighted by Gasteiger charge is 2.12. The lowest BCUT2D eigenvalue weighted by molar-refractivity contribution is 0.0943. The molecular weight excluding hydrogens is 368 g/mol. The summed E-state index contributed by atoms with van der Waals surface area (Å²) in [7, 11) is 0. The second kappa shape index (κ2) is 8.43. The first-order chi connectivity index (χ1) is 14.2. The van der Waals surface area contributed by atoms with Crippen LogP contribution < -0.4 is 10.6 Å². The molecule has 7 nitrogen and oxygen atoms in total. The van der Waals surface area contributed by atoms with Gasteiger partial charge in [0.1, 0.15) is 11.5 Å². The van der Waals surface area contributed by atoms with Crippen LogP contribution in [0.4, 0.5) is 0 Å². The Morgan fingerprint density at radius 3 is 2.79 bits per heavy atom. The van der Waals surface area contributed by atoms with E-state index in [9.17, 15) is 9.59 Å². The van der Waals surface area contributed by atoms with Crippen molar-refractivity contribution in [3.05, 3.63) is 89.8 Å². The molecule has 7 heteroatoms. The van der Waals surface area contributed by atoms with Gasteiger partial charge in [-0.1, -0.05) is 18.2 Å². The number of hydrogen-bond acceptors (Lipinski definition) is 4. The molecule has 0 aliphatic carbocycles. The average molecular weight is 388 g/mol. The Morgan fingerprint density at radius 1 is 1.03 bits per heavy atom. The molecule has 3 aromatic heterocycles. The normalized spacial score (nSPS) is 10.8. The van der Waals surface area contributed by atoms with E-state index in [0.717, 1.165) is 16.5 Å². The molecule has 146 valence electrons. The van der Waals surface area contributed by atoms with Crippen molar-refractivity contribution in [1.82, 2.24) is 20.6 Å². The van der Waals surface area contributed by atoms with Gasteiger partial charge in [0.2, 0.25) is 0 Å². The molecule has 2 amide bonds. The van der Waals surface area contributed by atoms with Crippen molar-refractivity contribution in [2.45, 2.75) is 13.0 Å². The molecule has 3 heterocycles. The van der Waals surface area contributed by atoms with Crippen LogP contribution in [0, 0.1) is 0 Å². The van der Waals surface area contributed by atoms with Crippen molar-refractivity contribution < 1.29 is 14.0 Å². The van der Waals surface area contributed by atoms with E-state index in [1.165, 1.54) is 12.3 Å². The number of carbonyl (C=O) groups excluding carboxylic acids is 2. The van der Waals surface area contributed by atoms with Crippen LogP contribution in [0.15, 0.2) is 71.6 Å². The minimum absolute atomic E-state index is 0.181. The number of H-pyrrole nitrogens is 1. The molecule has 0 aliphatic heterocycles. The smallest absolute Gasteiger partial charge is 0.270 e. The maximum Gasteiger partial charge on any atom is 0.270 e. The Hall–Kier alpha value is -3.87. The highest BCUT2D eigenvalue weighted by atomic mass is 16.3. The number of nitrogens with one attached hydrogen (secondary N) is 3. The number of hydrogen-bond donors (Lipinski definition) is 3. The molecule has 4 rings (SSSR count). The molecule has 0 unspecified atom stereocenters. The predicted octanol–water partition coefficient (Wildman–Crippen LogP) is 3.06. The van der Waals surface area contributed by atoms with Crippen LogP contribution in [-0.4, -0.2) is 28.3 Å². The standard InChI is InChI=1S/C22H20N4O3/c27-21(24-10-8-16-13-25-19-6-2-1-5-18(16)19)15-7-9-23-20(12-15)22(28)26-14-17-4-3-11-29-17/h1-7,9,11-13,25H,8,10,14H2,(H,24,27)(H,26,28). The number of aromatic amines is 1. The third kappa shape index (κ3) is 4.35. The molecule has 0 aliphatic rings. The van der Waals surface area contributed by atoms with Gasteiger partial charge in [-0.05, 0) is 42.3 Å². The second-order valence-electron chi connectivity index (χ2n) is 6.56. The summed E-state index contributed by atoms with van der Waals surface area (Å²) < 4.78 is 5.18. The van der Waals surface area contributed by atoms with Gasteiger partial charge in [-0.2, -0.15) is 0 Å². The number of para-hydroxylation sites is 1. The summed E-state index contributed by atoms with van der Waals surface area (Å²) in [4.78, 5) is 32.0. The molecule has 0 radical (unpaired) electrons. The monoisotopic (exact) mass is 388 g/mol. The van der Waals surface area contributed by atoms with Crippen molar-refractivity contribution in [3.8, 4) is 0 Å². The van der Waals surface area contributed by atoms with E-state index >= 15 is 0 Å². The number of nitrogens with zero attached hydrogens (tertiary/aromatic N) is 1. The molecule has 0 saturated carbocycles. The summed E-state index contributed by atoms with van der Waals surface area (Å²) in [5, 5.41) is 6.76. The van der Waals surface area contributed by atoms with Crippen LogP contribution in [0.3, 0.4) is 0 Å². The van der Waals surface area contributed by atoms with E-state index in [1.807, 2.05) is 24.4 Å². The molecule has 0 fully saturated rings. The zero-order chi connectivity index (χ0) is 20.1. The van der Waals surface area contributed by atoms with Gasteiger partial charge in [0.15, 0.2) is 0 Å². The van der Waals surface area contributed by atoms with Crippen molar-refractivity contribution >= 4 is 22.7 Å². The zero-order valence-electron chi connectivity index (χ0n) is 15.6. The quantitative estimate of drug-likeness (QED) is 0.453. The molecule has 0 bridgehead atoms. The molecule has 0 saturated heterocycles. The lowest BCUT2D eigenvalue weighted by Crippen LogP contribution is -2.27. The summed E-state index contributed by atoms with van der Waals surface area (Å²) in [5.41, 5.74) is 2.80. The maximum atomic E-state index is 12.5. The summed E-state index contributed by atoms with van der Waals surface area (Å²) >= 11 is 0. The Morgan fingerprint density at radius 2 is 1.93 bits per heavy atom. The van der Waals surface area contributed by atoms with Crippen molar-refractivity contribution in [3.63, 3.8) is 0 Å². The number of rotatable bonds is 7. The van der Waals surface area contributed by atoms with E-state index in [0.29, 0.717) is 24.3 Å². The second-order valence-corrected chi connectivity index (χ2v) is 6.56. The van der Waals surface area contributed by atoms with Gasteiger partial charge in [-0.3, -0.25) is 14.6 Å². The first kappa shape index (κ1) is 18.5. The SMILES string of the molecule is O=C(NCCc1c[nH]c2ccccc12)c1ccnc(C(=O)NCc2ccco2)c1. The molecule has 0 atom stereocenters. The van der Waals surface area contributed by atoms with Gasteiger partial charge in [0.05, 0.1) is 12.8 Å². The third-order valence-corrected chi connectivity index (χ3v) is 4.61. The van der Waals surface area contributed by atoms with E-state index in [2.05, 4.69) is 26.7 Å². The van der Waals surface area contributed by atoms with Crippen LogP contribution >= 0.6 is 0 Å². The number of pyridine rings is 1. The Balaban J connectivity index is 1.33. The molecular formula is C22H20N4O3. The minimum Gasteiger partial charge on any atom is -0.467 e. The topological polar surface area (TPSA) is 100 Å². The van der Waals surface area contributed by atoms with Crippen LogP contribution in [0.5, 0.6) is 0 Å². The first-order valence-corrected chi connectivity index (χ1v) is 9.30. The van der Waals surface area contributed by atoms with E-state index < -0.39 is 0 Å². The molecule has 0 spiro atoms. The van der Waals surface area contributed by atoms with E-state index in [1.54, 1.807) is 24.5 Å². The summed E-state index contributed by atoms with van der Waals surface area (Å²) in [6.45, 7) is 0.748. The minimum atomic E-state index is -0.366.